The Labute approximate surface area is 104 Å². The highest BCUT2D eigenvalue weighted by Gasteiger charge is 2.12. The third-order valence-electron chi connectivity index (χ3n) is 2.29. The summed E-state index contributed by atoms with van der Waals surface area (Å²) in [7, 11) is -3.58. The van der Waals surface area contributed by atoms with Gasteiger partial charge in [-0.05, 0) is 6.07 Å². The molecule has 0 aliphatic carbocycles. The number of nitrogens with one attached hydrogen (secondary N) is 2. The van der Waals surface area contributed by atoms with E-state index in [0.29, 0.717) is 6.54 Å². The van der Waals surface area contributed by atoms with E-state index in [1.165, 1.54) is 18.3 Å². The van der Waals surface area contributed by atoms with Crippen molar-refractivity contribution in [1.29, 1.82) is 0 Å². The molecule has 0 atom stereocenters. The number of imidazole rings is 1. The van der Waals surface area contributed by atoms with Crippen LogP contribution in [0.5, 0.6) is 0 Å². The van der Waals surface area contributed by atoms with E-state index in [1.807, 2.05) is 0 Å². The van der Waals surface area contributed by atoms with E-state index in [0.717, 1.165) is 0 Å². The zero-order valence-corrected chi connectivity index (χ0v) is 10.2. The number of sulfonamides is 1. The highest BCUT2D eigenvalue weighted by atomic mass is 32.2. The van der Waals surface area contributed by atoms with Crippen LogP contribution in [0.3, 0.4) is 0 Å². The average molecular weight is 268 g/mol. The highest BCUT2D eigenvalue weighted by molar-refractivity contribution is 7.89. The first-order valence-electron chi connectivity index (χ1n) is 5.22. The fraction of sp³-hybridized carbons (Fsp3) is 0.200. The van der Waals surface area contributed by atoms with Gasteiger partial charge in [-0.1, -0.05) is 0 Å². The number of H-pyrrole nitrogens is 1. The van der Waals surface area contributed by atoms with Crippen LogP contribution in [-0.2, 0) is 16.6 Å². The van der Waals surface area contributed by atoms with Gasteiger partial charge in [0.15, 0.2) is 0 Å². The first-order valence-corrected chi connectivity index (χ1v) is 6.70. The molecule has 0 unspecified atom stereocenters. The molecule has 0 aliphatic rings. The van der Waals surface area contributed by atoms with Crippen molar-refractivity contribution < 1.29 is 8.42 Å². The van der Waals surface area contributed by atoms with E-state index in [1.54, 1.807) is 23.3 Å². The SMILES string of the molecule is O=c1ccc(S(=O)(=O)NCCn2ccnc2)c[nH]1. The largest absolute Gasteiger partial charge is 0.336 e. The van der Waals surface area contributed by atoms with Crippen molar-refractivity contribution in [1.82, 2.24) is 19.3 Å². The second-order valence-electron chi connectivity index (χ2n) is 3.59. The van der Waals surface area contributed by atoms with E-state index in [4.69, 9.17) is 0 Å². The van der Waals surface area contributed by atoms with Crippen LogP contribution in [0.15, 0.2) is 46.7 Å². The smallest absolute Gasteiger partial charge is 0.247 e. The topological polar surface area (TPSA) is 96.8 Å². The van der Waals surface area contributed by atoms with Gasteiger partial charge in [-0.25, -0.2) is 18.1 Å². The molecule has 18 heavy (non-hydrogen) atoms. The van der Waals surface area contributed by atoms with Gasteiger partial charge in [-0.3, -0.25) is 4.79 Å². The Hall–Kier alpha value is -1.93. The van der Waals surface area contributed by atoms with Gasteiger partial charge in [0.1, 0.15) is 0 Å². The number of aromatic nitrogens is 3. The summed E-state index contributed by atoms with van der Waals surface area (Å²) in [6.45, 7) is 0.737. The fourth-order valence-electron chi connectivity index (χ4n) is 1.37. The van der Waals surface area contributed by atoms with Crippen LogP contribution in [0.2, 0.25) is 0 Å². The lowest BCUT2D eigenvalue weighted by molar-refractivity contribution is 0.572. The Morgan fingerprint density at radius 2 is 2.22 bits per heavy atom. The molecular weight excluding hydrogens is 256 g/mol. The van der Waals surface area contributed by atoms with E-state index < -0.39 is 10.0 Å². The van der Waals surface area contributed by atoms with Crippen molar-refractivity contribution in [2.75, 3.05) is 6.54 Å². The normalized spacial score (nSPS) is 11.6. The molecule has 0 aliphatic heterocycles. The number of hydrogen-bond donors (Lipinski definition) is 2. The molecule has 2 aromatic heterocycles. The first kappa shape index (κ1) is 12.5. The molecule has 0 fully saturated rings. The standard InChI is InChI=1S/C10H12N4O3S/c15-10-2-1-9(7-12-10)18(16,17)13-4-6-14-5-3-11-8-14/h1-3,5,7-8,13H,4,6H2,(H,12,15). The average Bonchev–Trinajstić information content (AvgIpc) is 2.82. The fourth-order valence-corrected chi connectivity index (χ4v) is 2.36. The van der Waals surface area contributed by atoms with Crippen molar-refractivity contribution >= 4 is 10.0 Å². The number of aromatic amines is 1. The monoisotopic (exact) mass is 268 g/mol. The predicted octanol–water partition coefficient (Wildman–Crippen LogP) is -0.450. The van der Waals surface area contributed by atoms with Gasteiger partial charge in [0.05, 0.1) is 11.2 Å². The molecule has 96 valence electrons. The van der Waals surface area contributed by atoms with Crippen LogP contribution in [0.25, 0.3) is 0 Å². The molecule has 0 saturated heterocycles. The highest BCUT2D eigenvalue weighted by Crippen LogP contribution is 2.03. The summed E-state index contributed by atoms with van der Waals surface area (Å²) >= 11 is 0. The zero-order chi connectivity index (χ0) is 13.0. The van der Waals surface area contributed by atoms with Gasteiger partial charge in [-0.2, -0.15) is 0 Å². The molecule has 0 radical (unpaired) electrons. The Morgan fingerprint density at radius 1 is 1.39 bits per heavy atom. The van der Waals surface area contributed by atoms with Crippen molar-refractivity contribution in [3.8, 4) is 0 Å². The van der Waals surface area contributed by atoms with Crippen LogP contribution in [-0.4, -0.2) is 29.5 Å². The summed E-state index contributed by atoms with van der Waals surface area (Å²) in [6, 6.07) is 2.43. The van der Waals surface area contributed by atoms with Crippen LogP contribution in [0, 0.1) is 0 Å². The molecule has 0 amide bonds. The number of rotatable bonds is 5. The molecule has 0 saturated carbocycles. The Bertz CT molecular complexity index is 640. The summed E-state index contributed by atoms with van der Waals surface area (Å²) in [5.74, 6) is 0. The van der Waals surface area contributed by atoms with Gasteiger partial charge in [-0.15, -0.1) is 0 Å². The molecule has 7 nitrogen and oxygen atoms in total. The molecule has 2 rings (SSSR count). The third kappa shape index (κ3) is 3.05. The van der Waals surface area contributed by atoms with Crippen molar-refractivity contribution in [2.45, 2.75) is 11.4 Å². The Balaban J connectivity index is 1.99. The summed E-state index contributed by atoms with van der Waals surface area (Å²) in [5.41, 5.74) is -0.340. The maximum atomic E-state index is 11.8. The van der Waals surface area contributed by atoms with Crippen LogP contribution >= 0.6 is 0 Å². The minimum Gasteiger partial charge on any atom is -0.336 e. The molecule has 0 aromatic carbocycles. The molecular formula is C10H12N4O3S. The minimum atomic E-state index is -3.58. The van der Waals surface area contributed by atoms with Gasteiger partial charge < -0.3 is 9.55 Å². The van der Waals surface area contributed by atoms with E-state index in [2.05, 4.69) is 14.7 Å². The Morgan fingerprint density at radius 3 is 2.83 bits per heavy atom. The van der Waals surface area contributed by atoms with Crippen LogP contribution < -0.4 is 10.3 Å². The minimum absolute atomic E-state index is 0.0349. The lowest BCUT2D eigenvalue weighted by atomic mass is 10.5. The quantitative estimate of drug-likeness (QED) is 0.767. The number of hydrogen-bond acceptors (Lipinski definition) is 4. The summed E-state index contributed by atoms with van der Waals surface area (Å²) in [5, 5.41) is 0. The predicted molar refractivity (Wildman–Crippen MR) is 64.5 cm³/mol. The van der Waals surface area contributed by atoms with Crippen LogP contribution in [0.4, 0.5) is 0 Å². The molecule has 2 heterocycles. The maximum Gasteiger partial charge on any atom is 0.247 e. The summed E-state index contributed by atoms with van der Waals surface area (Å²) in [6.07, 6.45) is 6.14. The van der Waals surface area contributed by atoms with Gasteiger partial charge in [0, 0.05) is 37.7 Å². The molecule has 8 heteroatoms. The lowest BCUT2D eigenvalue weighted by Crippen LogP contribution is -2.27. The Kier molecular flexibility index (Phi) is 3.58. The van der Waals surface area contributed by atoms with Crippen molar-refractivity contribution in [3.63, 3.8) is 0 Å². The second kappa shape index (κ2) is 5.15. The molecule has 0 bridgehead atoms. The summed E-state index contributed by atoms with van der Waals surface area (Å²) < 4.78 is 27.8. The second-order valence-corrected chi connectivity index (χ2v) is 5.35. The van der Waals surface area contributed by atoms with Gasteiger partial charge in [0.2, 0.25) is 15.6 Å². The molecule has 0 spiro atoms. The lowest BCUT2D eigenvalue weighted by Gasteiger charge is -2.06. The molecule has 2 aromatic rings. The summed E-state index contributed by atoms with van der Waals surface area (Å²) in [4.78, 5) is 17.0. The first-order chi connectivity index (χ1) is 8.58. The third-order valence-corrected chi connectivity index (χ3v) is 3.75. The van der Waals surface area contributed by atoms with E-state index in [-0.39, 0.29) is 17.0 Å². The van der Waals surface area contributed by atoms with E-state index >= 15 is 0 Å². The zero-order valence-electron chi connectivity index (χ0n) is 9.41. The van der Waals surface area contributed by atoms with E-state index in [9.17, 15) is 13.2 Å². The van der Waals surface area contributed by atoms with Crippen molar-refractivity contribution in [3.05, 3.63) is 47.4 Å². The number of pyridine rings is 1. The van der Waals surface area contributed by atoms with Crippen LogP contribution in [0.1, 0.15) is 0 Å². The molecule has 2 N–H and O–H groups in total. The van der Waals surface area contributed by atoms with Crippen molar-refractivity contribution in [2.24, 2.45) is 0 Å². The van der Waals surface area contributed by atoms with Gasteiger partial charge in [0.25, 0.3) is 0 Å². The van der Waals surface area contributed by atoms with Gasteiger partial charge >= 0.3 is 0 Å². The maximum absolute atomic E-state index is 11.8. The number of nitrogens with zero attached hydrogens (tertiary/aromatic N) is 2.